The summed E-state index contributed by atoms with van der Waals surface area (Å²) in [4.78, 5) is 26.4. The molecular weight excluding hydrogens is 296 g/mol. The molecule has 0 N–H and O–H groups in total. The van der Waals surface area contributed by atoms with E-state index in [4.69, 9.17) is 4.74 Å². The summed E-state index contributed by atoms with van der Waals surface area (Å²) in [5.74, 6) is 1.38. The zero-order valence-electron chi connectivity index (χ0n) is 13.3. The van der Waals surface area contributed by atoms with Crippen molar-refractivity contribution < 1.29 is 9.53 Å². The Kier molecular flexibility index (Phi) is 4.50. The number of carbonyl (C=O) groups is 1. The molecule has 0 bridgehead atoms. The van der Waals surface area contributed by atoms with Crippen molar-refractivity contribution in [1.29, 1.82) is 0 Å². The van der Waals surface area contributed by atoms with E-state index in [1.807, 2.05) is 24.8 Å². The molecule has 1 aliphatic rings. The standard InChI is InChI=1S/C15H20N6O2/c1-11-7-14(19-12(2)18-11)23-13-3-5-20(6-4-13)15(22)8-21-10-16-9-17-21/h7,9-10,13H,3-6,8H2,1-2H3. The van der Waals surface area contributed by atoms with Crippen molar-refractivity contribution in [3.8, 4) is 5.88 Å². The molecule has 8 heteroatoms. The minimum Gasteiger partial charge on any atom is -0.474 e. The van der Waals surface area contributed by atoms with Crippen LogP contribution >= 0.6 is 0 Å². The fraction of sp³-hybridized carbons (Fsp3) is 0.533. The van der Waals surface area contributed by atoms with Gasteiger partial charge in [0.15, 0.2) is 0 Å². The Morgan fingerprint density at radius 2 is 2.09 bits per heavy atom. The van der Waals surface area contributed by atoms with Crippen molar-refractivity contribution in [3.05, 3.63) is 30.2 Å². The average Bonchev–Trinajstić information content (AvgIpc) is 3.00. The van der Waals surface area contributed by atoms with Gasteiger partial charge in [-0.05, 0) is 13.8 Å². The predicted molar refractivity (Wildman–Crippen MR) is 81.8 cm³/mol. The van der Waals surface area contributed by atoms with Crippen LogP contribution < -0.4 is 4.74 Å². The van der Waals surface area contributed by atoms with Gasteiger partial charge in [-0.2, -0.15) is 10.1 Å². The van der Waals surface area contributed by atoms with E-state index in [-0.39, 0.29) is 18.6 Å². The van der Waals surface area contributed by atoms with Crippen molar-refractivity contribution in [2.75, 3.05) is 13.1 Å². The van der Waals surface area contributed by atoms with Crippen LogP contribution in [0.25, 0.3) is 0 Å². The first kappa shape index (κ1) is 15.4. The molecule has 2 aromatic heterocycles. The first-order valence-electron chi connectivity index (χ1n) is 7.69. The summed E-state index contributed by atoms with van der Waals surface area (Å²) in [6.07, 6.45) is 4.65. The predicted octanol–water partition coefficient (Wildman–Crippen LogP) is 0.755. The zero-order valence-corrected chi connectivity index (χ0v) is 13.3. The first-order chi connectivity index (χ1) is 11.1. The largest absolute Gasteiger partial charge is 0.474 e. The Morgan fingerprint density at radius 1 is 1.30 bits per heavy atom. The number of amides is 1. The molecule has 2 aromatic rings. The third-order valence-corrected chi connectivity index (χ3v) is 3.79. The van der Waals surface area contributed by atoms with Crippen molar-refractivity contribution in [2.45, 2.75) is 39.3 Å². The Labute approximate surface area is 134 Å². The number of nitrogens with zero attached hydrogens (tertiary/aromatic N) is 6. The van der Waals surface area contributed by atoms with Gasteiger partial charge in [-0.25, -0.2) is 14.6 Å². The lowest BCUT2D eigenvalue weighted by molar-refractivity contribution is -0.133. The van der Waals surface area contributed by atoms with Crippen LogP contribution in [0.2, 0.25) is 0 Å². The molecule has 1 aliphatic heterocycles. The van der Waals surface area contributed by atoms with Crippen molar-refractivity contribution >= 4 is 5.91 Å². The number of hydrogen-bond acceptors (Lipinski definition) is 6. The van der Waals surface area contributed by atoms with Gasteiger partial charge in [-0.1, -0.05) is 0 Å². The maximum absolute atomic E-state index is 12.2. The molecule has 3 rings (SSSR count). The molecule has 1 saturated heterocycles. The fourth-order valence-corrected chi connectivity index (χ4v) is 2.69. The van der Waals surface area contributed by atoms with E-state index in [9.17, 15) is 4.79 Å². The maximum Gasteiger partial charge on any atom is 0.244 e. The monoisotopic (exact) mass is 316 g/mol. The van der Waals surface area contributed by atoms with E-state index < -0.39 is 0 Å². The molecule has 0 aliphatic carbocycles. The summed E-state index contributed by atoms with van der Waals surface area (Å²) >= 11 is 0. The quantitative estimate of drug-likeness (QED) is 0.827. The second kappa shape index (κ2) is 6.72. The minimum atomic E-state index is 0.0580. The van der Waals surface area contributed by atoms with Crippen molar-refractivity contribution in [1.82, 2.24) is 29.6 Å². The zero-order chi connectivity index (χ0) is 16.2. The number of carbonyl (C=O) groups excluding carboxylic acids is 1. The minimum absolute atomic E-state index is 0.0580. The number of likely N-dealkylation sites (tertiary alicyclic amines) is 1. The van der Waals surface area contributed by atoms with Crippen molar-refractivity contribution in [3.63, 3.8) is 0 Å². The van der Waals surface area contributed by atoms with Gasteiger partial charge in [0, 0.05) is 37.7 Å². The highest BCUT2D eigenvalue weighted by molar-refractivity contribution is 5.75. The lowest BCUT2D eigenvalue weighted by Gasteiger charge is -2.32. The normalized spacial score (nSPS) is 15.7. The molecule has 23 heavy (non-hydrogen) atoms. The SMILES string of the molecule is Cc1cc(OC2CCN(C(=O)Cn3cncn3)CC2)nc(C)n1. The summed E-state index contributed by atoms with van der Waals surface area (Å²) < 4.78 is 7.47. The van der Waals surface area contributed by atoms with Crippen LogP contribution in [0.3, 0.4) is 0 Å². The Morgan fingerprint density at radius 3 is 2.74 bits per heavy atom. The van der Waals surface area contributed by atoms with Crippen molar-refractivity contribution in [2.24, 2.45) is 0 Å². The lowest BCUT2D eigenvalue weighted by Crippen LogP contribution is -2.43. The Bertz CT molecular complexity index is 644. The van der Waals surface area contributed by atoms with Crippen LogP contribution in [0.4, 0.5) is 0 Å². The molecule has 122 valence electrons. The van der Waals surface area contributed by atoms with Crippen LogP contribution in [0, 0.1) is 13.8 Å². The number of hydrogen-bond donors (Lipinski definition) is 0. The van der Waals surface area contributed by atoms with E-state index in [1.54, 1.807) is 6.33 Å². The highest BCUT2D eigenvalue weighted by Gasteiger charge is 2.24. The second-order valence-electron chi connectivity index (χ2n) is 5.69. The summed E-state index contributed by atoms with van der Waals surface area (Å²) in [6, 6.07) is 1.84. The third-order valence-electron chi connectivity index (χ3n) is 3.79. The number of aromatic nitrogens is 5. The number of rotatable bonds is 4. The Hall–Kier alpha value is -2.51. The molecule has 0 aromatic carbocycles. The van der Waals surface area contributed by atoms with Crippen LogP contribution in [-0.2, 0) is 11.3 Å². The van der Waals surface area contributed by atoms with Gasteiger partial charge in [-0.3, -0.25) is 4.79 Å². The van der Waals surface area contributed by atoms with E-state index >= 15 is 0 Å². The fourth-order valence-electron chi connectivity index (χ4n) is 2.69. The van der Waals surface area contributed by atoms with E-state index in [0.717, 1.165) is 18.5 Å². The van der Waals surface area contributed by atoms with Gasteiger partial charge >= 0.3 is 0 Å². The van der Waals surface area contributed by atoms with E-state index in [2.05, 4.69) is 20.1 Å². The average molecular weight is 316 g/mol. The van der Waals surface area contributed by atoms with E-state index in [0.29, 0.717) is 24.8 Å². The number of piperidine rings is 1. The smallest absolute Gasteiger partial charge is 0.244 e. The molecule has 0 spiro atoms. The van der Waals surface area contributed by atoms with Gasteiger partial charge in [0.05, 0.1) is 0 Å². The lowest BCUT2D eigenvalue weighted by atomic mass is 10.1. The summed E-state index contributed by atoms with van der Waals surface area (Å²) in [5, 5.41) is 3.96. The number of aryl methyl sites for hydroxylation is 2. The molecule has 0 saturated carbocycles. The molecule has 0 radical (unpaired) electrons. The summed E-state index contributed by atoms with van der Waals surface area (Å²) in [6.45, 7) is 5.37. The molecule has 0 atom stereocenters. The molecule has 1 amide bonds. The van der Waals surface area contributed by atoms with Gasteiger partial charge in [0.1, 0.15) is 31.1 Å². The Balaban J connectivity index is 1.51. The number of ether oxygens (including phenoxy) is 1. The molecule has 3 heterocycles. The summed E-state index contributed by atoms with van der Waals surface area (Å²) in [7, 11) is 0. The highest BCUT2D eigenvalue weighted by Crippen LogP contribution is 2.18. The molecule has 1 fully saturated rings. The van der Waals surface area contributed by atoms with Crippen LogP contribution in [-0.4, -0.2) is 54.7 Å². The molecule has 0 unspecified atom stereocenters. The van der Waals surface area contributed by atoms with Crippen LogP contribution in [0.1, 0.15) is 24.4 Å². The maximum atomic E-state index is 12.2. The summed E-state index contributed by atoms with van der Waals surface area (Å²) in [5.41, 5.74) is 0.896. The van der Waals surface area contributed by atoms with Crippen LogP contribution in [0.5, 0.6) is 5.88 Å². The molecule has 8 nitrogen and oxygen atoms in total. The van der Waals surface area contributed by atoms with Gasteiger partial charge in [-0.15, -0.1) is 0 Å². The highest BCUT2D eigenvalue weighted by atomic mass is 16.5. The van der Waals surface area contributed by atoms with Gasteiger partial charge in [0.2, 0.25) is 11.8 Å². The van der Waals surface area contributed by atoms with E-state index in [1.165, 1.54) is 11.0 Å². The third kappa shape index (κ3) is 4.02. The first-order valence-corrected chi connectivity index (χ1v) is 7.69. The second-order valence-corrected chi connectivity index (χ2v) is 5.69. The topological polar surface area (TPSA) is 86.0 Å². The van der Waals surface area contributed by atoms with Gasteiger partial charge < -0.3 is 9.64 Å². The van der Waals surface area contributed by atoms with Gasteiger partial charge in [0.25, 0.3) is 0 Å². The van der Waals surface area contributed by atoms with Crippen LogP contribution in [0.15, 0.2) is 18.7 Å². The molecular formula is C15H20N6O2.